The maximum Gasteiger partial charge on any atom is 0.410 e. The van der Waals surface area contributed by atoms with Crippen molar-refractivity contribution in [1.29, 1.82) is 0 Å². The number of hydrogen-bond acceptors (Lipinski definition) is 6. The Bertz CT molecular complexity index is 682. The van der Waals surface area contributed by atoms with Crippen molar-refractivity contribution in [2.75, 3.05) is 53.5 Å². The zero-order valence-electron chi connectivity index (χ0n) is 22.0. The first-order chi connectivity index (χ1) is 15.6. The Morgan fingerprint density at radius 3 is 1.77 bits per heavy atom. The molecule has 0 atom stereocenters. The zero-order valence-corrected chi connectivity index (χ0v) is 21.0. The molecule has 208 valence electrons. The van der Waals surface area contributed by atoms with Crippen LogP contribution in [-0.2, 0) is 19.1 Å². The molecule has 2 fully saturated rings. The topological polar surface area (TPSA) is 108 Å². The highest BCUT2D eigenvalue weighted by atomic mass is 19.1. The van der Waals surface area contributed by atoms with Gasteiger partial charge in [0.25, 0.3) is 0 Å². The molecule has 0 saturated carbocycles. The van der Waals surface area contributed by atoms with Crippen molar-refractivity contribution in [1.82, 2.24) is 20.0 Å². The van der Waals surface area contributed by atoms with Crippen LogP contribution in [0.25, 0.3) is 0 Å². The van der Waals surface area contributed by atoms with E-state index >= 15 is 0 Å². The van der Waals surface area contributed by atoms with Crippen LogP contribution >= 0.6 is 0 Å². The number of carbonyl (C=O) groups is 4. The largest absolute Gasteiger partial charge is 0.444 e. The minimum absolute atomic E-state index is 0. The molecular weight excluding hydrogens is 459 g/mol. The monoisotopic (exact) mass is 509 g/mol. The van der Waals surface area contributed by atoms with Gasteiger partial charge in [0, 0.05) is 33.2 Å². The van der Waals surface area contributed by atoms with Gasteiger partial charge in [0.2, 0.25) is 11.8 Å². The summed E-state index contributed by atoms with van der Waals surface area (Å²) in [6.07, 6.45) is 0.739. The molecule has 35 heavy (non-hydrogen) atoms. The van der Waals surface area contributed by atoms with Crippen LogP contribution in [-0.4, -0.2) is 103 Å². The smallest absolute Gasteiger partial charge is 0.410 e. The van der Waals surface area contributed by atoms with Crippen LogP contribution in [0.15, 0.2) is 0 Å². The Hall–Kier alpha value is -2.59. The third-order valence-corrected chi connectivity index (χ3v) is 4.24. The molecule has 11 heteroatoms. The predicted octanol–water partition coefficient (Wildman–Crippen LogP) is 3.69. The first-order valence-corrected chi connectivity index (χ1v) is 10.9. The van der Waals surface area contributed by atoms with Crippen molar-refractivity contribution in [2.24, 2.45) is 0 Å². The number of rotatable bonds is 0. The zero-order chi connectivity index (χ0) is 26.5. The van der Waals surface area contributed by atoms with Crippen LogP contribution in [0.4, 0.5) is 14.0 Å². The molecule has 0 spiro atoms. The minimum atomic E-state index is -1.00. The summed E-state index contributed by atoms with van der Waals surface area (Å²) in [5.74, 6) is -0.165. The van der Waals surface area contributed by atoms with Crippen LogP contribution in [0.1, 0.15) is 70.6 Å². The van der Waals surface area contributed by atoms with Crippen LogP contribution in [0.2, 0.25) is 0 Å². The predicted molar refractivity (Wildman–Crippen MR) is 136 cm³/mol. The number of alkyl halides is 1. The van der Waals surface area contributed by atoms with Gasteiger partial charge in [0.1, 0.15) is 24.3 Å². The number of amides is 4. The van der Waals surface area contributed by atoms with Gasteiger partial charge in [-0.2, -0.15) is 0 Å². The van der Waals surface area contributed by atoms with Gasteiger partial charge in [-0.05, 0) is 54.4 Å². The molecule has 0 aromatic heterocycles. The Labute approximate surface area is 212 Å². The molecule has 0 unspecified atom stereocenters. The highest BCUT2D eigenvalue weighted by Gasteiger charge is 2.27. The van der Waals surface area contributed by atoms with Gasteiger partial charge in [-0.3, -0.25) is 23.8 Å². The Kier molecular flexibility index (Phi) is 16.7. The van der Waals surface area contributed by atoms with E-state index in [4.69, 9.17) is 10.8 Å². The number of hydrogen-bond donors (Lipinski definition) is 1. The van der Waals surface area contributed by atoms with Crippen molar-refractivity contribution < 1.29 is 34.4 Å². The van der Waals surface area contributed by atoms with E-state index in [0.29, 0.717) is 26.2 Å². The molecule has 0 bridgehead atoms. The van der Waals surface area contributed by atoms with Crippen molar-refractivity contribution in [2.45, 2.75) is 80.4 Å². The molecule has 0 aromatic carbocycles. The normalized spacial score (nSPS) is 16.7. The Morgan fingerprint density at radius 2 is 1.31 bits per heavy atom. The molecule has 2 aliphatic rings. The molecule has 4 amide bonds. The average molecular weight is 510 g/mol. The second kappa shape index (κ2) is 16.9. The second-order valence-electron chi connectivity index (χ2n) is 9.68. The highest BCUT2D eigenvalue weighted by molar-refractivity contribution is 5.83. The van der Waals surface area contributed by atoms with Gasteiger partial charge >= 0.3 is 12.2 Å². The molecule has 2 aliphatic heterocycles. The lowest BCUT2D eigenvalue weighted by molar-refractivity contribution is -0.129. The third kappa shape index (κ3) is 16.6. The summed E-state index contributed by atoms with van der Waals surface area (Å²) >= 11 is 0. The molecule has 0 aromatic rings. The lowest BCUT2D eigenvalue weighted by Crippen LogP contribution is -2.41. The van der Waals surface area contributed by atoms with E-state index in [1.807, 2.05) is 41.5 Å². The summed E-state index contributed by atoms with van der Waals surface area (Å²) in [6.45, 7) is 13.5. The first-order valence-electron chi connectivity index (χ1n) is 11.6. The number of nitrogens with zero attached hydrogens (tertiary/aromatic N) is 3. The van der Waals surface area contributed by atoms with Gasteiger partial charge in [-0.1, -0.05) is 14.9 Å². The summed E-state index contributed by atoms with van der Waals surface area (Å²) in [5.41, 5.74) is -1.03. The van der Waals surface area contributed by atoms with Crippen LogP contribution in [0, 0.1) is 0 Å². The van der Waals surface area contributed by atoms with E-state index in [1.54, 1.807) is 11.9 Å². The molecular formula is C24H49FN4O6. The van der Waals surface area contributed by atoms with Crippen molar-refractivity contribution in [3.05, 3.63) is 0 Å². The molecule has 2 heterocycles. The SMILES string of the molecule is C.C.CC(C)(C)OC(=O)N1CCCNC(=O)C1.CN1CCCN(C(=O)OC(C)(C)C)CC1=O.[2H]CF. The van der Waals surface area contributed by atoms with Crippen LogP contribution in [0.5, 0.6) is 0 Å². The number of nitrogens with one attached hydrogen (secondary N) is 1. The summed E-state index contributed by atoms with van der Waals surface area (Å²) in [6, 6.07) is 0. The fourth-order valence-electron chi connectivity index (χ4n) is 2.76. The molecule has 10 nitrogen and oxygen atoms in total. The molecule has 0 radical (unpaired) electrons. The van der Waals surface area contributed by atoms with Crippen LogP contribution < -0.4 is 5.32 Å². The fraction of sp³-hybridized carbons (Fsp3) is 0.833. The number of halogens is 1. The maximum absolute atomic E-state index is 11.8. The molecule has 1 N–H and O–H groups in total. The number of likely N-dealkylation sites (N-methyl/N-ethyl adjacent to an activating group) is 1. The van der Waals surface area contributed by atoms with Crippen molar-refractivity contribution in [3.8, 4) is 0 Å². The van der Waals surface area contributed by atoms with E-state index in [1.165, 1.54) is 9.80 Å². The highest BCUT2D eigenvalue weighted by Crippen LogP contribution is 2.12. The standard InChI is InChI=1S/C11H20N2O3.C10H18N2O3.CH3F.2CH4/c1-11(2,3)16-10(15)13-7-5-6-12(4)9(14)8-13;1-10(2,3)15-9(14)12-6-4-5-11-8(13)7-12;1-2;;/h5-8H2,1-4H3;4-7H2,1-3H3,(H,11,13);1H3;2*1H4/i;;1D;;. The lowest BCUT2D eigenvalue weighted by atomic mass is 10.2. The Balaban J connectivity index is -0.000000520. The van der Waals surface area contributed by atoms with Crippen molar-refractivity contribution in [3.63, 3.8) is 0 Å². The van der Waals surface area contributed by atoms with Crippen LogP contribution in [0.3, 0.4) is 0 Å². The molecule has 2 rings (SSSR count). The third-order valence-electron chi connectivity index (χ3n) is 4.24. The van der Waals surface area contributed by atoms with E-state index in [-0.39, 0.29) is 39.8 Å². The summed E-state index contributed by atoms with van der Waals surface area (Å²) < 4.78 is 25.9. The van der Waals surface area contributed by atoms with Gasteiger partial charge in [-0.15, -0.1) is 0 Å². The van der Waals surface area contributed by atoms with Gasteiger partial charge in [-0.25, -0.2) is 9.59 Å². The van der Waals surface area contributed by atoms with E-state index in [0.717, 1.165) is 12.8 Å². The van der Waals surface area contributed by atoms with Gasteiger partial charge in [0.15, 0.2) is 0 Å². The fourth-order valence-corrected chi connectivity index (χ4v) is 2.76. The molecule has 2 saturated heterocycles. The summed E-state index contributed by atoms with van der Waals surface area (Å²) in [5, 5.41) is 2.70. The van der Waals surface area contributed by atoms with Gasteiger partial charge < -0.3 is 19.7 Å². The maximum atomic E-state index is 11.8. The van der Waals surface area contributed by atoms with Gasteiger partial charge in [0.05, 0.1) is 8.52 Å². The van der Waals surface area contributed by atoms with E-state index < -0.39 is 30.5 Å². The minimum Gasteiger partial charge on any atom is -0.444 e. The first kappa shape index (κ1) is 34.6. The number of carbonyl (C=O) groups excluding carboxylic acids is 4. The number of ether oxygens (including phenoxy) is 2. The molecule has 0 aliphatic carbocycles. The van der Waals surface area contributed by atoms with E-state index in [9.17, 15) is 23.6 Å². The van der Waals surface area contributed by atoms with E-state index in [2.05, 4.69) is 5.32 Å². The lowest BCUT2D eigenvalue weighted by Gasteiger charge is -2.25. The second-order valence-corrected chi connectivity index (χ2v) is 9.68. The Morgan fingerprint density at radius 1 is 0.886 bits per heavy atom. The average Bonchev–Trinajstić information content (AvgIpc) is 2.99. The summed E-state index contributed by atoms with van der Waals surface area (Å²) in [7, 11) is 0.751. The van der Waals surface area contributed by atoms with Crippen molar-refractivity contribution >= 4 is 24.0 Å². The quantitative estimate of drug-likeness (QED) is 0.534. The summed E-state index contributed by atoms with van der Waals surface area (Å²) in [4.78, 5) is 50.7.